The van der Waals surface area contributed by atoms with Crippen LogP contribution in [0.15, 0.2) is 53.9 Å². The van der Waals surface area contributed by atoms with Gasteiger partial charge in [-0.05, 0) is 48.7 Å². The van der Waals surface area contributed by atoms with Crippen molar-refractivity contribution in [3.63, 3.8) is 0 Å². The van der Waals surface area contributed by atoms with E-state index in [2.05, 4.69) is 27.9 Å². The Bertz CT molecular complexity index is 951. The first-order chi connectivity index (χ1) is 13.0. The first kappa shape index (κ1) is 18.6. The lowest BCUT2D eigenvalue weighted by atomic mass is 10.1. The molecule has 0 fully saturated rings. The first-order valence-electron chi connectivity index (χ1n) is 8.54. The van der Waals surface area contributed by atoms with Crippen LogP contribution in [0.25, 0.3) is 0 Å². The van der Waals surface area contributed by atoms with Crippen LogP contribution in [0.1, 0.15) is 28.5 Å². The molecule has 1 aromatic heterocycles. The highest BCUT2D eigenvalue weighted by Crippen LogP contribution is 2.18. The summed E-state index contributed by atoms with van der Waals surface area (Å²) in [5, 5.41) is 10.1. The second kappa shape index (κ2) is 8.46. The first-order valence-corrected chi connectivity index (χ1v) is 9.42. The topological polar surface area (TPSA) is 83.1 Å². The zero-order valence-corrected chi connectivity index (χ0v) is 15.9. The lowest BCUT2D eigenvalue weighted by molar-refractivity contribution is 0.102. The molecule has 3 amide bonds. The van der Waals surface area contributed by atoms with E-state index >= 15 is 0 Å². The predicted octanol–water partition coefficient (Wildman–Crippen LogP) is 4.91. The van der Waals surface area contributed by atoms with Gasteiger partial charge in [-0.1, -0.05) is 31.2 Å². The molecule has 0 unspecified atom stereocenters. The molecule has 1 heterocycles. The molecular formula is C20H20N4O2S. The Kier molecular flexibility index (Phi) is 5.83. The quantitative estimate of drug-likeness (QED) is 0.588. The van der Waals surface area contributed by atoms with Gasteiger partial charge in [0.15, 0.2) is 5.13 Å². The molecule has 0 spiro atoms. The van der Waals surface area contributed by atoms with Crippen molar-refractivity contribution in [3.8, 4) is 0 Å². The number of hydrogen-bond acceptors (Lipinski definition) is 4. The van der Waals surface area contributed by atoms with Crippen LogP contribution < -0.4 is 16.0 Å². The molecule has 0 atom stereocenters. The van der Waals surface area contributed by atoms with Crippen LogP contribution in [-0.2, 0) is 6.42 Å². The van der Waals surface area contributed by atoms with Gasteiger partial charge >= 0.3 is 6.03 Å². The smallest absolute Gasteiger partial charge is 0.321 e. The summed E-state index contributed by atoms with van der Waals surface area (Å²) < 4.78 is 0. The van der Waals surface area contributed by atoms with Crippen molar-refractivity contribution in [3.05, 3.63) is 70.7 Å². The van der Waals surface area contributed by atoms with Crippen molar-refractivity contribution < 1.29 is 9.59 Å². The molecule has 27 heavy (non-hydrogen) atoms. The highest BCUT2D eigenvalue weighted by molar-refractivity contribution is 7.14. The number of aromatic nitrogens is 1. The monoisotopic (exact) mass is 380 g/mol. The molecule has 3 N–H and O–H groups in total. The molecule has 0 aliphatic rings. The third-order valence-electron chi connectivity index (χ3n) is 3.85. The van der Waals surface area contributed by atoms with Crippen molar-refractivity contribution in [2.45, 2.75) is 20.3 Å². The van der Waals surface area contributed by atoms with E-state index in [1.807, 2.05) is 49.4 Å². The van der Waals surface area contributed by atoms with Gasteiger partial charge in [0.05, 0.1) is 0 Å². The Labute approximate surface area is 161 Å². The lowest BCUT2D eigenvalue weighted by Crippen LogP contribution is -2.19. The van der Waals surface area contributed by atoms with Gasteiger partial charge < -0.3 is 10.6 Å². The van der Waals surface area contributed by atoms with Gasteiger partial charge in [0.25, 0.3) is 5.91 Å². The molecule has 0 aliphatic heterocycles. The summed E-state index contributed by atoms with van der Waals surface area (Å²) in [4.78, 5) is 28.5. The molecule has 0 aliphatic carbocycles. The second-order valence-corrected chi connectivity index (χ2v) is 6.85. The number of aryl methyl sites for hydroxylation is 2. The number of thiazole rings is 1. The Morgan fingerprint density at radius 2 is 1.78 bits per heavy atom. The highest BCUT2D eigenvalue weighted by atomic mass is 32.1. The highest BCUT2D eigenvalue weighted by Gasteiger charge is 2.13. The SMILES string of the molecule is CCc1ccc(NC(=O)c2csc(NC(=O)Nc3cccc(C)c3)n2)cc1. The summed E-state index contributed by atoms with van der Waals surface area (Å²) in [7, 11) is 0. The van der Waals surface area contributed by atoms with Gasteiger partial charge in [0, 0.05) is 16.8 Å². The summed E-state index contributed by atoms with van der Waals surface area (Å²) in [5.41, 5.74) is 3.90. The van der Waals surface area contributed by atoms with E-state index in [-0.39, 0.29) is 11.6 Å². The Balaban J connectivity index is 1.58. The number of anilines is 3. The molecule has 3 aromatic rings. The maximum atomic E-state index is 12.3. The molecule has 0 saturated heterocycles. The minimum Gasteiger partial charge on any atom is -0.321 e. The fourth-order valence-corrected chi connectivity index (χ4v) is 3.12. The van der Waals surface area contributed by atoms with E-state index in [1.54, 1.807) is 11.4 Å². The second-order valence-electron chi connectivity index (χ2n) is 5.99. The molecule has 2 aromatic carbocycles. The standard InChI is InChI=1S/C20H20N4O2S/c1-3-14-7-9-15(10-8-14)21-18(25)17-12-27-20(23-17)24-19(26)22-16-6-4-5-13(2)11-16/h4-12H,3H2,1-2H3,(H,21,25)(H2,22,23,24,26). The molecule has 6 nitrogen and oxygen atoms in total. The number of nitrogens with one attached hydrogen (secondary N) is 3. The van der Waals surface area contributed by atoms with Crippen molar-refractivity contribution in [1.82, 2.24) is 4.98 Å². The number of benzene rings is 2. The van der Waals surface area contributed by atoms with Crippen molar-refractivity contribution in [2.75, 3.05) is 16.0 Å². The minimum absolute atomic E-state index is 0.255. The lowest BCUT2D eigenvalue weighted by Gasteiger charge is -2.06. The normalized spacial score (nSPS) is 10.3. The largest absolute Gasteiger partial charge is 0.325 e. The van der Waals surface area contributed by atoms with Crippen LogP contribution in [-0.4, -0.2) is 16.9 Å². The minimum atomic E-state index is -0.405. The van der Waals surface area contributed by atoms with Gasteiger partial charge in [-0.15, -0.1) is 11.3 Å². The Morgan fingerprint density at radius 1 is 1.00 bits per heavy atom. The summed E-state index contributed by atoms with van der Waals surface area (Å²) in [6.07, 6.45) is 0.944. The number of rotatable bonds is 5. The summed E-state index contributed by atoms with van der Waals surface area (Å²) in [5.74, 6) is -0.317. The summed E-state index contributed by atoms with van der Waals surface area (Å²) in [6, 6.07) is 14.7. The zero-order valence-electron chi connectivity index (χ0n) is 15.1. The van der Waals surface area contributed by atoms with Gasteiger partial charge in [-0.3, -0.25) is 10.1 Å². The van der Waals surface area contributed by atoms with Gasteiger partial charge in [0.2, 0.25) is 0 Å². The average Bonchev–Trinajstić information content (AvgIpc) is 3.11. The molecule has 3 rings (SSSR count). The maximum absolute atomic E-state index is 12.3. The third-order valence-corrected chi connectivity index (χ3v) is 4.61. The van der Waals surface area contributed by atoms with Crippen LogP contribution in [0.4, 0.5) is 21.3 Å². The van der Waals surface area contributed by atoms with Crippen molar-refractivity contribution in [1.29, 1.82) is 0 Å². The fraction of sp³-hybridized carbons (Fsp3) is 0.150. The fourth-order valence-electron chi connectivity index (χ4n) is 2.44. The Morgan fingerprint density at radius 3 is 2.48 bits per heavy atom. The average molecular weight is 380 g/mol. The van der Waals surface area contributed by atoms with E-state index in [4.69, 9.17) is 0 Å². The van der Waals surface area contributed by atoms with E-state index in [0.717, 1.165) is 12.0 Å². The van der Waals surface area contributed by atoms with Gasteiger partial charge in [0.1, 0.15) is 5.69 Å². The van der Waals surface area contributed by atoms with E-state index < -0.39 is 6.03 Å². The van der Waals surface area contributed by atoms with Crippen molar-refractivity contribution in [2.24, 2.45) is 0 Å². The predicted molar refractivity (Wildman–Crippen MR) is 110 cm³/mol. The Hall–Kier alpha value is -3.19. The maximum Gasteiger partial charge on any atom is 0.325 e. The molecular weight excluding hydrogens is 360 g/mol. The summed E-state index contributed by atoms with van der Waals surface area (Å²) >= 11 is 1.19. The van der Waals surface area contributed by atoms with E-state index in [0.29, 0.717) is 16.5 Å². The van der Waals surface area contributed by atoms with Crippen LogP contribution >= 0.6 is 11.3 Å². The van der Waals surface area contributed by atoms with Crippen LogP contribution in [0.3, 0.4) is 0 Å². The van der Waals surface area contributed by atoms with E-state index in [1.165, 1.54) is 16.9 Å². The summed E-state index contributed by atoms with van der Waals surface area (Å²) in [6.45, 7) is 4.02. The molecule has 0 saturated carbocycles. The van der Waals surface area contributed by atoms with Crippen molar-refractivity contribution >= 4 is 39.8 Å². The number of hydrogen-bond donors (Lipinski definition) is 3. The van der Waals surface area contributed by atoms with Gasteiger partial charge in [-0.2, -0.15) is 0 Å². The zero-order chi connectivity index (χ0) is 19.2. The molecule has 0 bridgehead atoms. The van der Waals surface area contributed by atoms with Crippen LogP contribution in [0, 0.1) is 6.92 Å². The number of carbonyl (C=O) groups is 2. The number of nitrogens with zero attached hydrogens (tertiary/aromatic N) is 1. The van der Waals surface area contributed by atoms with Gasteiger partial charge in [-0.25, -0.2) is 9.78 Å². The van der Waals surface area contributed by atoms with Crippen LogP contribution in [0.2, 0.25) is 0 Å². The number of urea groups is 1. The van der Waals surface area contributed by atoms with E-state index in [9.17, 15) is 9.59 Å². The number of carbonyl (C=O) groups excluding carboxylic acids is 2. The third kappa shape index (κ3) is 5.15. The van der Waals surface area contributed by atoms with Crippen LogP contribution in [0.5, 0.6) is 0 Å². The molecule has 138 valence electrons. The molecule has 7 heteroatoms. The molecule has 0 radical (unpaired) electrons. The number of amides is 3.